The van der Waals surface area contributed by atoms with Gasteiger partial charge in [-0.15, -0.1) is 0 Å². The molecule has 2 rings (SSSR count). The molecular formula is C14H23N3. The SMILES string of the molecule is CC1CN(Cc2ccccc2)CCN1[C@@H](C)N. The van der Waals surface area contributed by atoms with Crippen LogP contribution in [0, 0.1) is 0 Å². The fourth-order valence-electron chi connectivity index (χ4n) is 2.64. The summed E-state index contributed by atoms with van der Waals surface area (Å²) in [5.74, 6) is 0. The van der Waals surface area contributed by atoms with Gasteiger partial charge in [-0.25, -0.2) is 0 Å². The van der Waals surface area contributed by atoms with Gasteiger partial charge in [-0.2, -0.15) is 0 Å². The highest BCUT2D eigenvalue weighted by molar-refractivity contribution is 5.14. The first kappa shape index (κ1) is 12.6. The lowest BCUT2D eigenvalue weighted by molar-refractivity contribution is 0.0528. The Bertz CT molecular complexity index is 337. The molecule has 94 valence electrons. The van der Waals surface area contributed by atoms with Crippen molar-refractivity contribution in [1.82, 2.24) is 9.80 Å². The second-order valence-electron chi connectivity index (χ2n) is 5.05. The predicted octanol–water partition coefficient (Wildman–Crippen LogP) is 1.50. The van der Waals surface area contributed by atoms with E-state index in [4.69, 9.17) is 5.73 Å². The smallest absolute Gasteiger partial charge is 0.0546 e. The van der Waals surface area contributed by atoms with Gasteiger partial charge in [0.2, 0.25) is 0 Å². The molecule has 1 heterocycles. The van der Waals surface area contributed by atoms with Crippen molar-refractivity contribution in [3.63, 3.8) is 0 Å². The second kappa shape index (κ2) is 5.63. The van der Waals surface area contributed by atoms with Crippen molar-refractivity contribution in [2.75, 3.05) is 19.6 Å². The number of hydrogen-bond donors (Lipinski definition) is 1. The van der Waals surface area contributed by atoms with E-state index in [1.807, 2.05) is 0 Å². The summed E-state index contributed by atoms with van der Waals surface area (Å²) in [6.07, 6.45) is 0.170. The largest absolute Gasteiger partial charge is 0.316 e. The zero-order valence-corrected chi connectivity index (χ0v) is 10.8. The first-order valence-corrected chi connectivity index (χ1v) is 6.44. The highest BCUT2D eigenvalue weighted by atomic mass is 15.3. The van der Waals surface area contributed by atoms with Gasteiger partial charge < -0.3 is 5.73 Å². The van der Waals surface area contributed by atoms with Crippen molar-refractivity contribution in [2.24, 2.45) is 5.73 Å². The van der Waals surface area contributed by atoms with Crippen LogP contribution in [-0.2, 0) is 6.54 Å². The Balaban J connectivity index is 1.90. The summed E-state index contributed by atoms with van der Waals surface area (Å²) < 4.78 is 0. The molecule has 0 bridgehead atoms. The molecule has 1 saturated heterocycles. The maximum Gasteiger partial charge on any atom is 0.0546 e. The average Bonchev–Trinajstić information content (AvgIpc) is 2.30. The zero-order chi connectivity index (χ0) is 12.3. The Hall–Kier alpha value is -0.900. The molecule has 1 aliphatic rings. The minimum atomic E-state index is 0.170. The van der Waals surface area contributed by atoms with Crippen LogP contribution in [0.4, 0.5) is 0 Å². The molecule has 3 nitrogen and oxygen atoms in total. The normalized spacial score (nSPS) is 24.8. The van der Waals surface area contributed by atoms with Crippen molar-refractivity contribution in [2.45, 2.75) is 32.6 Å². The molecule has 0 amide bonds. The van der Waals surface area contributed by atoms with Crippen LogP contribution in [-0.4, -0.2) is 41.6 Å². The van der Waals surface area contributed by atoms with Crippen LogP contribution in [0.2, 0.25) is 0 Å². The monoisotopic (exact) mass is 233 g/mol. The van der Waals surface area contributed by atoms with Crippen molar-refractivity contribution in [3.8, 4) is 0 Å². The molecule has 1 fully saturated rings. The number of nitrogens with two attached hydrogens (primary N) is 1. The van der Waals surface area contributed by atoms with Gasteiger partial charge in [-0.3, -0.25) is 9.80 Å². The van der Waals surface area contributed by atoms with Crippen LogP contribution in [0.5, 0.6) is 0 Å². The summed E-state index contributed by atoms with van der Waals surface area (Å²) >= 11 is 0. The molecule has 1 unspecified atom stereocenters. The van der Waals surface area contributed by atoms with Gasteiger partial charge in [0.25, 0.3) is 0 Å². The molecule has 0 spiro atoms. The lowest BCUT2D eigenvalue weighted by atomic mass is 10.1. The number of hydrogen-bond acceptors (Lipinski definition) is 3. The minimum absolute atomic E-state index is 0.170. The molecule has 2 N–H and O–H groups in total. The number of nitrogens with zero attached hydrogens (tertiary/aromatic N) is 2. The molecule has 1 aromatic rings. The number of benzene rings is 1. The van der Waals surface area contributed by atoms with Crippen molar-refractivity contribution in [3.05, 3.63) is 35.9 Å². The van der Waals surface area contributed by atoms with Crippen LogP contribution in [0.25, 0.3) is 0 Å². The maximum atomic E-state index is 5.96. The molecule has 1 aromatic carbocycles. The average molecular weight is 233 g/mol. The lowest BCUT2D eigenvalue weighted by Crippen LogP contribution is -2.56. The topological polar surface area (TPSA) is 32.5 Å². The Morgan fingerprint density at radius 3 is 2.59 bits per heavy atom. The second-order valence-corrected chi connectivity index (χ2v) is 5.05. The van der Waals surface area contributed by atoms with Gasteiger partial charge in [0.05, 0.1) is 6.17 Å². The molecule has 0 radical (unpaired) electrons. The first-order chi connectivity index (χ1) is 8.16. The van der Waals surface area contributed by atoms with Crippen molar-refractivity contribution >= 4 is 0 Å². The predicted molar refractivity (Wildman–Crippen MR) is 71.5 cm³/mol. The van der Waals surface area contributed by atoms with E-state index in [0.29, 0.717) is 6.04 Å². The first-order valence-electron chi connectivity index (χ1n) is 6.44. The summed E-state index contributed by atoms with van der Waals surface area (Å²) in [5.41, 5.74) is 7.36. The van der Waals surface area contributed by atoms with E-state index >= 15 is 0 Å². The quantitative estimate of drug-likeness (QED) is 0.858. The molecule has 0 aliphatic carbocycles. The lowest BCUT2D eigenvalue weighted by Gasteiger charge is -2.41. The third kappa shape index (κ3) is 3.28. The van der Waals surface area contributed by atoms with E-state index in [1.54, 1.807) is 0 Å². The van der Waals surface area contributed by atoms with Crippen molar-refractivity contribution in [1.29, 1.82) is 0 Å². The van der Waals surface area contributed by atoms with E-state index in [9.17, 15) is 0 Å². The summed E-state index contributed by atoms with van der Waals surface area (Å²) in [4.78, 5) is 4.89. The van der Waals surface area contributed by atoms with Crippen LogP contribution >= 0.6 is 0 Å². The molecular weight excluding hydrogens is 210 g/mol. The fraction of sp³-hybridized carbons (Fsp3) is 0.571. The van der Waals surface area contributed by atoms with Gasteiger partial charge in [0.15, 0.2) is 0 Å². The van der Waals surface area contributed by atoms with E-state index < -0.39 is 0 Å². The molecule has 1 aliphatic heterocycles. The summed E-state index contributed by atoms with van der Waals surface area (Å²) in [6, 6.07) is 11.2. The highest BCUT2D eigenvalue weighted by Crippen LogP contribution is 2.13. The molecule has 2 atom stereocenters. The minimum Gasteiger partial charge on any atom is -0.316 e. The summed E-state index contributed by atoms with van der Waals surface area (Å²) in [6.45, 7) is 8.69. The summed E-state index contributed by atoms with van der Waals surface area (Å²) in [7, 11) is 0. The zero-order valence-electron chi connectivity index (χ0n) is 10.8. The van der Waals surface area contributed by atoms with Crippen LogP contribution in [0.15, 0.2) is 30.3 Å². The third-order valence-electron chi connectivity index (χ3n) is 3.54. The Morgan fingerprint density at radius 1 is 1.29 bits per heavy atom. The number of piperazine rings is 1. The van der Waals surface area contributed by atoms with E-state index in [-0.39, 0.29) is 6.17 Å². The molecule has 0 aromatic heterocycles. The van der Waals surface area contributed by atoms with Crippen molar-refractivity contribution < 1.29 is 0 Å². The van der Waals surface area contributed by atoms with E-state index in [2.05, 4.69) is 54.0 Å². The van der Waals surface area contributed by atoms with Crippen LogP contribution < -0.4 is 5.73 Å². The fourth-order valence-corrected chi connectivity index (χ4v) is 2.64. The molecule has 0 saturated carbocycles. The molecule has 17 heavy (non-hydrogen) atoms. The Labute approximate surface area is 104 Å². The van der Waals surface area contributed by atoms with E-state index in [0.717, 1.165) is 26.2 Å². The third-order valence-corrected chi connectivity index (χ3v) is 3.54. The Morgan fingerprint density at radius 2 is 2.00 bits per heavy atom. The Kier molecular flexibility index (Phi) is 4.15. The van der Waals surface area contributed by atoms with Crippen LogP contribution in [0.1, 0.15) is 19.4 Å². The van der Waals surface area contributed by atoms with Gasteiger partial charge >= 0.3 is 0 Å². The number of rotatable bonds is 3. The standard InChI is InChI=1S/C14H23N3/c1-12-10-16(8-9-17(12)13(2)15)11-14-6-4-3-5-7-14/h3-7,12-13H,8-11,15H2,1-2H3/t12?,13-/m0/s1. The van der Waals surface area contributed by atoms with Crippen LogP contribution in [0.3, 0.4) is 0 Å². The van der Waals surface area contributed by atoms with Gasteiger partial charge in [0, 0.05) is 32.2 Å². The van der Waals surface area contributed by atoms with Gasteiger partial charge in [-0.05, 0) is 19.4 Å². The summed E-state index contributed by atoms with van der Waals surface area (Å²) in [5, 5.41) is 0. The maximum absolute atomic E-state index is 5.96. The van der Waals surface area contributed by atoms with E-state index in [1.165, 1.54) is 5.56 Å². The molecule has 3 heteroatoms. The van der Waals surface area contributed by atoms with Gasteiger partial charge in [-0.1, -0.05) is 30.3 Å². The van der Waals surface area contributed by atoms with Gasteiger partial charge in [0.1, 0.15) is 0 Å². The highest BCUT2D eigenvalue weighted by Gasteiger charge is 2.25.